The van der Waals surface area contributed by atoms with Gasteiger partial charge in [0.15, 0.2) is 17.3 Å². The Bertz CT molecular complexity index is 969. The van der Waals surface area contributed by atoms with Crippen LogP contribution in [0.25, 0.3) is 22.6 Å². The summed E-state index contributed by atoms with van der Waals surface area (Å²) >= 11 is 0. The van der Waals surface area contributed by atoms with Crippen molar-refractivity contribution >= 4 is 17.0 Å². The third kappa shape index (κ3) is 2.50. The number of benzene rings is 1. The van der Waals surface area contributed by atoms with Crippen LogP contribution in [0, 0.1) is 13.8 Å². The summed E-state index contributed by atoms with van der Waals surface area (Å²) < 4.78 is 5.23. The van der Waals surface area contributed by atoms with E-state index in [0.717, 1.165) is 16.8 Å². The molecule has 0 aliphatic carbocycles. The average molecular weight is 320 g/mol. The lowest BCUT2D eigenvalue weighted by atomic mass is 10.2. The molecule has 0 saturated heterocycles. The molecule has 7 heteroatoms. The van der Waals surface area contributed by atoms with Gasteiger partial charge in [0.05, 0.1) is 17.6 Å². The summed E-state index contributed by atoms with van der Waals surface area (Å²) in [6, 6.07) is 10.1. The van der Waals surface area contributed by atoms with Crippen LogP contribution in [0.4, 0.5) is 5.82 Å². The number of rotatable bonds is 4. The number of aromatic amines is 1. The van der Waals surface area contributed by atoms with Crippen LogP contribution in [0.5, 0.6) is 0 Å². The fourth-order valence-electron chi connectivity index (χ4n) is 2.66. The first-order valence-corrected chi connectivity index (χ1v) is 7.64. The second kappa shape index (κ2) is 5.77. The molecule has 0 spiro atoms. The van der Waals surface area contributed by atoms with Crippen LogP contribution < -0.4 is 5.32 Å². The van der Waals surface area contributed by atoms with Gasteiger partial charge in [-0.25, -0.2) is 15.0 Å². The summed E-state index contributed by atoms with van der Waals surface area (Å²) in [5.74, 6) is 1.95. The molecule has 0 unspecified atom stereocenters. The number of anilines is 1. The fraction of sp³-hybridized carbons (Fsp3) is 0.176. The third-order valence-corrected chi connectivity index (χ3v) is 3.85. The van der Waals surface area contributed by atoms with Gasteiger partial charge in [-0.2, -0.15) is 0 Å². The highest BCUT2D eigenvalue weighted by Crippen LogP contribution is 2.27. The highest BCUT2D eigenvalue weighted by molar-refractivity contribution is 5.84. The van der Waals surface area contributed by atoms with Crippen LogP contribution in [-0.2, 0) is 6.54 Å². The Kier molecular flexibility index (Phi) is 3.45. The minimum atomic E-state index is 0.557. The Hall–Kier alpha value is -3.22. The molecule has 120 valence electrons. The Morgan fingerprint density at radius 1 is 1.12 bits per heavy atom. The zero-order valence-electron chi connectivity index (χ0n) is 13.4. The van der Waals surface area contributed by atoms with Gasteiger partial charge in [0.2, 0.25) is 0 Å². The summed E-state index contributed by atoms with van der Waals surface area (Å²) in [6.07, 6.45) is 1.62. The minimum Gasteiger partial charge on any atom is -0.364 e. The molecule has 0 bridgehead atoms. The van der Waals surface area contributed by atoms with Gasteiger partial charge in [-0.15, -0.1) is 0 Å². The van der Waals surface area contributed by atoms with E-state index in [9.17, 15) is 0 Å². The molecule has 24 heavy (non-hydrogen) atoms. The first kappa shape index (κ1) is 14.4. The molecule has 4 rings (SSSR count). The lowest BCUT2D eigenvalue weighted by molar-refractivity contribution is 0.393. The molecule has 3 aromatic heterocycles. The van der Waals surface area contributed by atoms with Crippen LogP contribution in [0.15, 0.2) is 41.2 Å². The molecule has 7 nitrogen and oxygen atoms in total. The minimum absolute atomic E-state index is 0.557. The second-order valence-electron chi connectivity index (χ2n) is 5.54. The number of hydrogen-bond donors (Lipinski definition) is 2. The molecule has 0 aliphatic heterocycles. The molecule has 0 radical (unpaired) electrons. The van der Waals surface area contributed by atoms with Crippen LogP contribution in [-0.4, -0.2) is 25.1 Å². The van der Waals surface area contributed by atoms with E-state index in [1.807, 2.05) is 32.0 Å². The number of aromatic nitrogens is 5. The van der Waals surface area contributed by atoms with Gasteiger partial charge in [0.25, 0.3) is 0 Å². The van der Waals surface area contributed by atoms with Crippen molar-refractivity contribution in [2.75, 3.05) is 5.32 Å². The second-order valence-corrected chi connectivity index (χ2v) is 5.54. The van der Waals surface area contributed by atoms with Crippen molar-refractivity contribution in [3.63, 3.8) is 0 Å². The third-order valence-electron chi connectivity index (χ3n) is 3.85. The number of nitrogens with one attached hydrogen (secondary N) is 2. The maximum absolute atomic E-state index is 5.23. The molecule has 2 N–H and O–H groups in total. The van der Waals surface area contributed by atoms with Crippen LogP contribution >= 0.6 is 0 Å². The Morgan fingerprint density at radius 2 is 1.96 bits per heavy atom. The van der Waals surface area contributed by atoms with Gasteiger partial charge in [0, 0.05) is 6.54 Å². The van der Waals surface area contributed by atoms with E-state index < -0.39 is 0 Å². The van der Waals surface area contributed by atoms with Crippen LogP contribution in [0.3, 0.4) is 0 Å². The molecule has 0 atom stereocenters. The van der Waals surface area contributed by atoms with Gasteiger partial charge < -0.3 is 14.8 Å². The monoisotopic (exact) mass is 320 g/mol. The molecular weight excluding hydrogens is 304 g/mol. The van der Waals surface area contributed by atoms with E-state index in [1.54, 1.807) is 6.33 Å². The molecule has 0 aliphatic rings. The molecule has 4 aromatic rings. The fourth-order valence-corrected chi connectivity index (χ4v) is 2.66. The predicted molar refractivity (Wildman–Crippen MR) is 90.4 cm³/mol. The maximum atomic E-state index is 5.23. The largest absolute Gasteiger partial charge is 0.364 e. The number of aryl methyl sites for hydroxylation is 2. The summed E-state index contributed by atoms with van der Waals surface area (Å²) in [6.45, 7) is 4.39. The van der Waals surface area contributed by atoms with E-state index in [4.69, 9.17) is 4.52 Å². The van der Waals surface area contributed by atoms with Gasteiger partial charge in [-0.3, -0.25) is 0 Å². The van der Waals surface area contributed by atoms with E-state index in [0.29, 0.717) is 29.6 Å². The summed E-state index contributed by atoms with van der Waals surface area (Å²) in [4.78, 5) is 16.5. The van der Waals surface area contributed by atoms with Gasteiger partial charge in [-0.05, 0) is 19.4 Å². The van der Waals surface area contributed by atoms with E-state index >= 15 is 0 Å². The van der Waals surface area contributed by atoms with Crippen LogP contribution in [0.1, 0.15) is 17.0 Å². The molecule has 0 saturated carbocycles. The highest BCUT2D eigenvalue weighted by Gasteiger charge is 2.18. The van der Waals surface area contributed by atoms with Crippen molar-refractivity contribution in [3.8, 4) is 11.4 Å². The zero-order chi connectivity index (χ0) is 16.5. The van der Waals surface area contributed by atoms with Crippen molar-refractivity contribution in [1.29, 1.82) is 0 Å². The number of hydrogen-bond acceptors (Lipinski definition) is 6. The zero-order valence-corrected chi connectivity index (χ0v) is 13.4. The molecule has 1 aromatic carbocycles. The SMILES string of the molecule is Cc1noc(C)c1-c1nc(NCc2ccccc2)c2[nH]cnc2n1. The lowest BCUT2D eigenvalue weighted by Gasteiger charge is -2.08. The predicted octanol–water partition coefficient (Wildman–Crippen LogP) is 3.24. The first-order valence-electron chi connectivity index (χ1n) is 7.64. The smallest absolute Gasteiger partial charge is 0.183 e. The molecular formula is C17H16N6O. The van der Waals surface area contributed by atoms with Crippen LogP contribution in [0.2, 0.25) is 0 Å². The van der Waals surface area contributed by atoms with Crippen molar-refractivity contribution in [3.05, 3.63) is 53.7 Å². The average Bonchev–Trinajstić information content (AvgIpc) is 3.20. The van der Waals surface area contributed by atoms with E-state index in [2.05, 4.69) is 42.5 Å². The van der Waals surface area contributed by atoms with E-state index in [1.165, 1.54) is 5.56 Å². The summed E-state index contributed by atoms with van der Waals surface area (Å²) in [5.41, 5.74) is 4.12. The number of fused-ring (bicyclic) bond motifs is 1. The highest BCUT2D eigenvalue weighted by atomic mass is 16.5. The van der Waals surface area contributed by atoms with Crippen molar-refractivity contribution in [1.82, 2.24) is 25.1 Å². The van der Waals surface area contributed by atoms with Crippen molar-refractivity contribution in [2.24, 2.45) is 0 Å². The molecule has 0 fully saturated rings. The lowest BCUT2D eigenvalue weighted by Crippen LogP contribution is -2.04. The first-order chi connectivity index (χ1) is 11.7. The van der Waals surface area contributed by atoms with Gasteiger partial charge >= 0.3 is 0 Å². The number of imidazole rings is 1. The van der Waals surface area contributed by atoms with Crippen molar-refractivity contribution in [2.45, 2.75) is 20.4 Å². The van der Waals surface area contributed by atoms with E-state index in [-0.39, 0.29) is 0 Å². The topological polar surface area (TPSA) is 92.5 Å². The van der Waals surface area contributed by atoms with Crippen molar-refractivity contribution < 1.29 is 4.52 Å². The summed E-state index contributed by atoms with van der Waals surface area (Å²) in [7, 11) is 0. The number of H-pyrrole nitrogens is 1. The molecule has 3 heterocycles. The Labute approximate surface area is 138 Å². The maximum Gasteiger partial charge on any atom is 0.183 e. The summed E-state index contributed by atoms with van der Waals surface area (Å²) in [5, 5.41) is 7.34. The Balaban J connectivity index is 1.75. The van der Waals surface area contributed by atoms with Gasteiger partial charge in [0.1, 0.15) is 11.3 Å². The number of nitrogens with zero attached hydrogens (tertiary/aromatic N) is 4. The molecule has 0 amide bonds. The normalized spacial score (nSPS) is 11.1. The van der Waals surface area contributed by atoms with Gasteiger partial charge in [-0.1, -0.05) is 35.5 Å². The Morgan fingerprint density at radius 3 is 2.71 bits per heavy atom. The standard InChI is InChI=1S/C17H16N6O/c1-10-13(11(2)24-23-10)15-21-16(14-17(22-15)20-9-19-14)18-8-12-6-4-3-5-7-12/h3-7,9H,8H2,1-2H3,(H2,18,19,20,21,22). The quantitative estimate of drug-likeness (QED) is 0.599.